The molecule has 4 rings (SSSR count). The Morgan fingerprint density at radius 1 is 0.906 bits per heavy atom. The summed E-state index contributed by atoms with van der Waals surface area (Å²) in [5.41, 5.74) is 2.16. The molecule has 0 radical (unpaired) electrons. The highest BCUT2D eigenvalue weighted by atomic mass is 19.3. The van der Waals surface area contributed by atoms with E-state index in [2.05, 4.69) is 18.2 Å². The van der Waals surface area contributed by atoms with Gasteiger partial charge in [0.05, 0.1) is 5.56 Å². The zero-order valence-electron chi connectivity index (χ0n) is 17.4. The second-order valence-electron chi connectivity index (χ2n) is 7.98. The van der Waals surface area contributed by atoms with Gasteiger partial charge in [-0.15, -0.1) is 0 Å². The van der Waals surface area contributed by atoms with E-state index in [1.54, 1.807) is 0 Å². The molecule has 0 spiro atoms. The molecule has 0 saturated heterocycles. The van der Waals surface area contributed by atoms with Crippen LogP contribution in [0.2, 0.25) is 0 Å². The number of hydrogen-bond donors (Lipinski definition) is 0. The van der Waals surface area contributed by atoms with Crippen molar-refractivity contribution in [2.24, 2.45) is 5.92 Å². The molecule has 0 aromatic heterocycles. The maximum Gasteiger partial charge on any atom is 0.429 e. The van der Waals surface area contributed by atoms with Crippen molar-refractivity contribution >= 4 is 6.08 Å². The van der Waals surface area contributed by atoms with Gasteiger partial charge < -0.3 is 4.74 Å². The van der Waals surface area contributed by atoms with E-state index in [-0.39, 0.29) is 0 Å². The highest BCUT2D eigenvalue weighted by molar-refractivity contribution is 5.66. The van der Waals surface area contributed by atoms with E-state index in [1.807, 2.05) is 18.2 Å². The zero-order valence-corrected chi connectivity index (χ0v) is 17.4. The van der Waals surface area contributed by atoms with Crippen molar-refractivity contribution < 1.29 is 26.7 Å². The average molecular weight is 444 g/mol. The third kappa shape index (κ3) is 4.14. The summed E-state index contributed by atoms with van der Waals surface area (Å²) < 4.78 is 76.1. The molecule has 166 valence electrons. The summed E-state index contributed by atoms with van der Waals surface area (Å²) in [7, 11) is 0. The fraction of sp³-hybridized carbons (Fsp3) is 0.231. The first-order valence-electron chi connectivity index (χ1n) is 10.3. The van der Waals surface area contributed by atoms with Gasteiger partial charge in [0.1, 0.15) is 23.2 Å². The Hall–Kier alpha value is -3.15. The van der Waals surface area contributed by atoms with Crippen molar-refractivity contribution in [3.8, 4) is 16.9 Å². The van der Waals surface area contributed by atoms with Gasteiger partial charge in [0, 0.05) is 17.7 Å². The standard InChI is InChI=1S/C26H21F5O/c1-3-15-9-16-5-6-17(11-19(16)10-15)18-7-8-22(25(29)12-18)26(30,31)32-20-13-23(27)21(4-2)24(28)14-20/h4-8,11-15H,2-3,9-10H2,1H3. The van der Waals surface area contributed by atoms with Crippen LogP contribution in [-0.4, -0.2) is 0 Å². The van der Waals surface area contributed by atoms with Crippen LogP contribution in [0.4, 0.5) is 22.0 Å². The topological polar surface area (TPSA) is 9.23 Å². The summed E-state index contributed by atoms with van der Waals surface area (Å²) in [5.74, 6) is -3.57. The molecule has 32 heavy (non-hydrogen) atoms. The first kappa shape index (κ1) is 22.1. The van der Waals surface area contributed by atoms with Gasteiger partial charge >= 0.3 is 6.11 Å². The molecule has 1 aliphatic carbocycles. The molecular weight excluding hydrogens is 423 g/mol. The molecule has 0 amide bonds. The van der Waals surface area contributed by atoms with Crippen molar-refractivity contribution in [3.63, 3.8) is 0 Å². The number of hydrogen-bond acceptors (Lipinski definition) is 1. The van der Waals surface area contributed by atoms with Crippen LogP contribution in [0.5, 0.6) is 5.75 Å². The lowest BCUT2D eigenvalue weighted by atomic mass is 9.99. The van der Waals surface area contributed by atoms with Crippen LogP contribution in [0.1, 0.15) is 35.6 Å². The lowest BCUT2D eigenvalue weighted by Gasteiger charge is -2.20. The number of halogens is 5. The van der Waals surface area contributed by atoms with Gasteiger partial charge in [0.25, 0.3) is 0 Å². The minimum Gasteiger partial charge on any atom is -0.429 e. The Bertz CT molecular complexity index is 1160. The molecule has 0 saturated carbocycles. The van der Waals surface area contributed by atoms with Crippen molar-refractivity contribution in [3.05, 3.63) is 94.8 Å². The number of rotatable bonds is 6. The van der Waals surface area contributed by atoms with Crippen LogP contribution in [0, 0.1) is 23.4 Å². The Morgan fingerprint density at radius 2 is 1.53 bits per heavy atom. The largest absolute Gasteiger partial charge is 0.429 e. The van der Waals surface area contributed by atoms with Gasteiger partial charge in [0.15, 0.2) is 0 Å². The fourth-order valence-corrected chi connectivity index (χ4v) is 4.13. The molecule has 0 heterocycles. The van der Waals surface area contributed by atoms with Crippen LogP contribution in [0.15, 0.2) is 55.1 Å². The van der Waals surface area contributed by atoms with Crippen LogP contribution in [0.3, 0.4) is 0 Å². The normalized spacial score (nSPS) is 15.5. The Morgan fingerprint density at radius 3 is 2.16 bits per heavy atom. The second kappa shape index (κ2) is 8.41. The van der Waals surface area contributed by atoms with Gasteiger partial charge in [-0.05, 0) is 53.1 Å². The second-order valence-corrected chi connectivity index (χ2v) is 7.98. The monoisotopic (exact) mass is 444 g/mol. The van der Waals surface area contributed by atoms with Crippen LogP contribution < -0.4 is 4.74 Å². The molecule has 3 aromatic carbocycles. The fourth-order valence-electron chi connectivity index (χ4n) is 4.13. The first-order chi connectivity index (χ1) is 15.2. The molecule has 1 unspecified atom stereocenters. The molecular formula is C26H21F5O. The zero-order chi connectivity index (χ0) is 23.0. The highest BCUT2D eigenvalue weighted by Crippen LogP contribution is 2.37. The van der Waals surface area contributed by atoms with E-state index in [0.717, 1.165) is 43.0 Å². The summed E-state index contributed by atoms with van der Waals surface area (Å²) in [6, 6.07) is 10.4. The Labute approximate surface area is 183 Å². The molecule has 0 bridgehead atoms. The summed E-state index contributed by atoms with van der Waals surface area (Å²) in [6.07, 6.45) is -0.176. The van der Waals surface area contributed by atoms with Gasteiger partial charge in [0.2, 0.25) is 0 Å². The lowest BCUT2D eigenvalue weighted by molar-refractivity contribution is -0.187. The van der Waals surface area contributed by atoms with Crippen molar-refractivity contribution in [2.45, 2.75) is 32.3 Å². The molecule has 1 aliphatic rings. The molecule has 0 fully saturated rings. The maximum atomic E-state index is 14.7. The molecule has 6 heteroatoms. The third-order valence-electron chi connectivity index (χ3n) is 5.92. The Kier molecular flexibility index (Phi) is 5.80. The predicted molar refractivity (Wildman–Crippen MR) is 114 cm³/mol. The van der Waals surface area contributed by atoms with E-state index in [4.69, 9.17) is 0 Å². The van der Waals surface area contributed by atoms with E-state index in [1.165, 1.54) is 17.2 Å². The number of alkyl halides is 2. The molecule has 1 nitrogen and oxygen atoms in total. The molecule has 1 atom stereocenters. The number of ether oxygens (including phenoxy) is 1. The SMILES string of the molecule is C=Cc1c(F)cc(OC(F)(F)c2ccc(-c3ccc4c(c3)CC(CC)C4)cc2F)cc1F. The van der Waals surface area contributed by atoms with Gasteiger partial charge in [-0.1, -0.05) is 50.3 Å². The average Bonchev–Trinajstić information content (AvgIpc) is 3.15. The van der Waals surface area contributed by atoms with E-state index < -0.39 is 40.4 Å². The van der Waals surface area contributed by atoms with E-state index in [9.17, 15) is 22.0 Å². The summed E-state index contributed by atoms with van der Waals surface area (Å²) in [5, 5.41) is 0. The van der Waals surface area contributed by atoms with Gasteiger partial charge in [-0.25, -0.2) is 13.2 Å². The van der Waals surface area contributed by atoms with Crippen LogP contribution >= 0.6 is 0 Å². The van der Waals surface area contributed by atoms with Crippen molar-refractivity contribution in [2.75, 3.05) is 0 Å². The third-order valence-corrected chi connectivity index (χ3v) is 5.92. The maximum absolute atomic E-state index is 14.7. The van der Waals surface area contributed by atoms with E-state index in [0.29, 0.717) is 23.6 Å². The molecule has 0 aliphatic heterocycles. The summed E-state index contributed by atoms with van der Waals surface area (Å²) in [4.78, 5) is 0. The number of fused-ring (bicyclic) bond motifs is 1. The predicted octanol–water partition coefficient (Wildman–Crippen LogP) is 7.67. The molecule has 0 N–H and O–H groups in total. The van der Waals surface area contributed by atoms with Crippen LogP contribution in [-0.2, 0) is 19.0 Å². The van der Waals surface area contributed by atoms with Crippen molar-refractivity contribution in [1.29, 1.82) is 0 Å². The lowest BCUT2D eigenvalue weighted by Crippen LogP contribution is -2.23. The number of benzene rings is 3. The minimum absolute atomic E-state index is 0.456. The van der Waals surface area contributed by atoms with E-state index >= 15 is 0 Å². The van der Waals surface area contributed by atoms with Gasteiger partial charge in [-0.2, -0.15) is 8.78 Å². The molecule has 3 aromatic rings. The quantitative estimate of drug-likeness (QED) is 0.355. The summed E-state index contributed by atoms with van der Waals surface area (Å²) in [6.45, 7) is 5.40. The van der Waals surface area contributed by atoms with Crippen LogP contribution in [0.25, 0.3) is 17.2 Å². The first-order valence-corrected chi connectivity index (χ1v) is 10.3. The summed E-state index contributed by atoms with van der Waals surface area (Å²) >= 11 is 0. The smallest absolute Gasteiger partial charge is 0.429 e. The Balaban J connectivity index is 1.60. The highest BCUT2D eigenvalue weighted by Gasteiger charge is 2.38. The van der Waals surface area contributed by atoms with Crippen molar-refractivity contribution in [1.82, 2.24) is 0 Å². The minimum atomic E-state index is -4.14. The van der Waals surface area contributed by atoms with Gasteiger partial charge in [-0.3, -0.25) is 0 Å².